The van der Waals surface area contributed by atoms with Gasteiger partial charge in [0, 0.05) is 19.3 Å². The highest BCUT2D eigenvalue weighted by molar-refractivity contribution is 6.00. The Labute approximate surface area is 220 Å². The zero-order chi connectivity index (χ0) is 27.0. The summed E-state index contributed by atoms with van der Waals surface area (Å²) < 4.78 is 12.9. The fraction of sp³-hybridized carbons (Fsp3) is 0.500. The average Bonchev–Trinajstić information content (AvgIpc) is 3.43. The Morgan fingerprint density at radius 1 is 1.21 bits per heavy atom. The van der Waals surface area contributed by atoms with E-state index in [0.29, 0.717) is 36.0 Å². The lowest BCUT2D eigenvalue weighted by molar-refractivity contribution is 0.0587. The van der Waals surface area contributed by atoms with Crippen LogP contribution in [0.25, 0.3) is 5.65 Å². The number of rotatable bonds is 7. The third-order valence-corrected chi connectivity index (χ3v) is 6.34. The number of ether oxygens (including phenoxy) is 2. The van der Waals surface area contributed by atoms with Gasteiger partial charge in [0.05, 0.1) is 18.3 Å². The molecule has 2 aliphatic carbocycles. The smallest absolute Gasteiger partial charge is 0.415 e. The first-order valence-electron chi connectivity index (χ1n) is 12.8. The lowest BCUT2D eigenvalue weighted by Crippen LogP contribution is -2.39. The average molecular weight is 524 g/mol. The summed E-state index contributed by atoms with van der Waals surface area (Å²) in [4.78, 5) is 36.5. The number of pyridine rings is 1. The molecule has 3 heterocycles. The molecule has 2 fully saturated rings. The second-order valence-corrected chi connectivity index (χ2v) is 10.7. The molecule has 0 saturated heterocycles. The van der Waals surface area contributed by atoms with Gasteiger partial charge in [-0.2, -0.15) is 9.61 Å². The molecule has 1 unspecified atom stereocenters. The highest BCUT2D eigenvalue weighted by Gasteiger charge is 2.30. The highest BCUT2D eigenvalue weighted by atomic mass is 16.6. The monoisotopic (exact) mass is 523 g/mol. The van der Waals surface area contributed by atoms with Crippen LogP contribution in [0.1, 0.15) is 63.2 Å². The Morgan fingerprint density at radius 3 is 2.68 bits per heavy atom. The van der Waals surface area contributed by atoms with Crippen molar-refractivity contribution < 1.29 is 24.2 Å². The van der Waals surface area contributed by atoms with Crippen LogP contribution in [-0.4, -0.2) is 67.6 Å². The molecule has 0 radical (unpaired) electrons. The number of carbonyl (C=O) groups excluding carboxylic acids is 2. The summed E-state index contributed by atoms with van der Waals surface area (Å²) >= 11 is 0. The Morgan fingerprint density at radius 2 is 2.00 bits per heavy atom. The lowest BCUT2D eigenvalue weighted by Gasteiger charge is -2.25. The van der Waals surface area contributed by atoms with Crippen molar-refractivity contribution in [1.82, 2.24) is 24.9 Å². The van der Waals surface area contributed by atoms with Crippen molar-refractivity contribution in [3.05, 3.63) is 36.2 Å². The van der Waals surface area contributed by atoms with E-state index in [4.69, 9.17) is 9.47 Å². The van der Waals surface area contributed by atoms with Crippen molar-refractivity contribution in [2.24, 2.45) is 0 Å². The van der Waals surface area contributed by atoms with Gasteiger partial charge in [-0.3, -0.25) is 9.69 Å². The third-order valence-electron chi connectivity index (χ3n) is 6.34. The molecule has 202 valence electrons. The molecule has 38 heavy (non-hydrogen) atoms. The number of amides is 2. The van der Waals surface area contributed by atoms with Crippen LogP contribution >= 0.6 is 0 Å². The van der Waals surface area contributed by atoms with Crippen molar-refractivity contribution in [1.29, 1.82) is 0 Å². The number of nitrogens with one attached hydrogen (secondary N) is 2. The van der Waals surface area contributed by atoms with E-state index >= 15 is 0 Å². The molecule has 12 nitrogen and oxygen atoms in total. The highest BCUT2D eigenvalue weighted by Crippen LogP contribution is 2.32. The van der Waals surface area contributed by atoms with Crippen molar-refractivity contribution in [2.75, 3.05) is 17.3 Å². The first kappa shape index (κ1) is 25.7. The van der Waals surface area contributed by atoms with Crippen LogP contribution < -0.4 is 20.3 Å². The lowest BCUT2D eigenvalue weighted by atomic mass is 10.2. The van der Waals surface area contributed by atoms with E-state index in [1.807, 2.05) is 6.07 Å². The van der Waals surface area contributed by atoms with Gasteiger partial charge < -0.3 is 25.2 Å². The number of hydrogen-bond acceptors (Lipinski definition) is 9. The minimum atomic E-state index is -0.708. The normalized spacial score (nSPS) is 19.3. The Bertz CT molecular complexity index is 1350. The number of anilines is 3. The molecule has 12 heteroatoms. The van der Waals surface area contributed by atoms with Crippen molar-refractivity contribution in [2.45, 2.75) is 76.7 Å². The van der Waals surface area contributed by atoms with Crippen LogP contribution in [0.4, 0.5) is 22.1 Å². The van der Waals surface area contributed by atoms with Gasteiger partial charge in [0.1, 0.15) is 34.6 Å². The van der Waals surface area contributed by atoms with E-state index in [0.717, 1.165) is 19.3 Å². The summed E-state index contributed by atoms with van der Waals surface area (Å²) in [6.45, 7) is 5.35. The predicted octanol–water partition coefficient (Wildman–Crippen LogP) is 3.42. The number of nitrogens with zero attached hydrogens (tertiary/aromatic N) is 5. The van der Waals surface area contributed by atoms with E-state index in [-0.39, 0.29) is 23.4 Å². The minimum absolute atomic E-state index is 0.144. The SMILES string of the molecule is CN(C(=O)OC(C)(C)C)c1cc(Nc2cccnc2OC2CC2)nc2c(C(=O)NC3CCC[C@H]3O)cnn12. The van der Waals surface area contributed by atoms with E-state index in [2.05, 4.69) is 25.7 Å². The summed E-state index contributed by atoms with van der Waals surface area (Å²) in [5.41, 5.74) is 0.341. The van der Waals surface area contributed by atoms with Gasteiger partial charge in [-0.05, 0) is 65.0 Å². The zero-order valence-electron chi connectivity index (χ0n) is 22.0. The Hall–Kier alpha value is -3.93. The molecule has 0 bridgehead atoms. The molecule has 3 aromatic rings. The van der Waals surface area contributed by atoms with Gasteiger partial charge in [-0.1, -0.05) is 0 Å². The number of hydrogen-bond donors (Lipinski definition) is 3. The number of fused-ring (bicyclic) bond motifs is 1. The zero-order valence-corrected chi connectivity index (χ0v) is 22.0. The maximum absolute atomic E-state index is 13.2. The Kier molecular flexibility index (Phi) is 6.82. The fourth-order valence-electron chi connectivity index (χ4n) is 4.25. The quantitative estimate of drug-likeness (QED) is 0.424. The van der Waals surface area contributed by atoms with Crippen LogP contribution in [0.15, 0.2) is 30.6 Å². The molecular formula is C26H33N7O5. The predicted molar refractivity (Wildman–Crippen MR) is 140 cm³/mol. The molecule has 2 amide bonds. The molecule has 2 aliphatic rings. The van der Waals surface area contributed by atoms with Gasteiger partial charge in [0.25, 0.3) is 5.91 Å². The first-order valence-corrected chi connectivity index (χ1v) is 12.8. The summed E-state index contributed by atoms with van der Waals surface area (Å²) in [7, 11) is 1.56. The third kappa shape index (κ3) is 5.64. The molecule has 3 aromatic heterocycles. The minimum Gasteiger partial charge on any atom is -0.473 e. The Balaban J connectivity index is 1.53. The molecule has 3 N–H and O–H groups in total. The van der Waals surface area contributed by atoms with Crippen LogP contribution in [0.3, 0.4) is 0 Å². The molecule has 5 rings (SSSR count). The van der Waals surface area contributed by atoms with Gasteiger partial charge in [0.2, 0.25) is 5.88 Å². The second kappa shape index (κ2) is 10.1. The van der Waals surface area contributed by atoms with Crippen molar-refractivity contribution >= 4 is 35.0 Å². The van der Waals surface area contributed by atoms with E-state index in [9.17, 15) is 14.7 Å². The topological polar surface area (TPSA) is 143 Å². The second-order valence-electron chi connectivity index (χ2n) is 10.7. The molecule has 0 aliphatic heterocycles. The molecule has 0 spiro atoms. The van der Waals surface area contributed by atoms with Gasteiger partial charge >= 0.3 is 6.09 Å². The van der Waals surface area contributed by atoms with Gasteiger partial charge in [0.15, 0.2) is 5.65 Å². The number of aliphatic hydroxyl groups excluding tert-OH is 1. The maximum atomic E-state index is 13.2. The molecule has 0 aromatic carbocycles. The van der Waals surface area contributed by atoms with Crippen LogP contribution in [0.2, 0.25) is 0 Å². The van der Waals surface area contributed by atoms with Gasteiger partial charge in [-0.25, -0.2) is 14.8 Å². The largest absolute Gasteiger partial charge is 0.473 e. The van der Waals surface area contributed by atoms with E-state index < -0.39 is 23.7 Å². The first-order chi connectivity index (χ1) is 18.1. The van der Waals surface area contributed by atoms with Crippen molar-refractivity contribution in [3.63, 3.8) is 0 Å². The standard InChI is InChI=1S/C26H33N7O5/c1-26(2,3)38-25(36)32(4)21-13-20(29-18-8-6-12-27-24(18)37-15-10-11-15)31-22-16(14-28-33(21)22)23(35)30-17-7-5-9-19(17)34/h6,8,12-15,17,19,34H,5,7,9-11H2,1-4H3,(H,29,31)(H,30,35)/t17?,19-/m1/s1. The summed E-state index contributed by atoms with van der Waals surface area (Å²) in [5.74, 6) is 0.730. The van der Waals surface area contributed by atoms with Crippen LogP contribution in [0.5, 0.6) is 5.88 Å². The summed E-state index contributed by atoms with van der Waals surface area (Å²) in [5, 5.41) is 20.7. The number of aromatic nitrogens is 4. The molecular weight excluding hydrogens is 490 g/mol. The molecule has 2 saturated carbocycles. The van der Waals surface area contributed by atoms with Crippen LogP contribution in [0, 0.1) is 0 Å². The summed E-state index contributed by atoms with van der Waals surface area (Å²) in [6, 6.07) is 4.90. The fourth-order valence-corrected chi connectivity index (χ4v) is 4.25. The van der Waals surface area contributed by atoms with Crippen molar-refractivity contribution in [3.8, 4) is 5.88 Å². The summed E-state index contributed by atoms with van der Waals surface area (Å²) in [6.07, 6.45) is 6.17. The maximum Gasteiger partial charge on any atom is 0.415 e. The number of aliphatic hydroxyl groups is 1. The number of carbonyl (C=O) groups is 2. The van der Waals surface area contributed by atoms with Gasteiger partial charge in [-0.15, -0.1) is 0 Å². The van der Waals surface area contributed by atoms with Crippen LogP contribution in [-0.2, 0) is 4.74 Å². The van der Waals surface area contributed by atoms with E-state index in [1.165, 1.54) is 15.6 Å². The van der Waals surface area contributed by atoms with E-state index in [1.54, 1.807) is 46.1 Å². The molecule has 2 atom stereocenters.